The van der Waals surface area contributed by atoms with Crippen molar-refractivity contribution in [2.75, 3.05) is 33.9 Å². The predicted octanol–water partition coefficient (Wildman–Crippen LogP) is 3.43. The van der Waals surface area contributed by atoms with Gasteiger partial charge in [-0.2, -0.15) is 0 Å². The molecule has 1 unspecified atom stereocenters. The molecule has 1 aliphatic heterocycles. The second-order valence-electron chi connectivity index (χ2n) is 5.71. The molecule has 128 valence electrons. The van der Waals surface area contributed by atoms with E-state index in [4.69, 9.17) is 14.2 Å². The number of hydrogen-bond donors (Lipinski definition) is 0. The molecule has 0 aliphatic carbocycles. The molecule has 0 N–H and O–H groups in total. The average Bonchev–Trinajstić information content (AvgIpc) is 2.89. The van der Waals surface area contributed by atoms with E-state index in [0.29, 0.717) is 17.1 Å². The first-order chi connectivity index (χ1) is 11.1. The molecule has 5 nitrogen and oxygen atoms in total. The molecule has 5 heteroatoms. The zero-order chi connectivity index (χ0) is 16.8. The fourth-order valence-electron chi connectivity index (χ4n) is 3.01. The van der Waals surface area contributed by atoms with Gasteiger partial charge in [0, 0.05) is 5.56 Å². The lowest BCUT2D eigenvalue weighted by Gasteiger charge is -2.18. The SMILES string of the molecule is CCN(CC)CCCCC1OC(=O)c2cc(OC)c(OC)cc21. The Morgan fingerprint density at radius 2 is 1.74 bits per heavy atom. The topological polar surface area (TPSA) is 48.0 Å². The summed E-state index contributed by atoms with van der Waals surface area (Å²) in [4.78, 5) is 14.5. The second-order valence-corrected chi connectivity index (χ2v) is 5.71. The van der Waals surface area contributed by atoms with Gasteiger partial charge in [-0.3, -0.25) is 0 Å². The van der Waals surface area contributed by atoms with Crippen LogP contribution >= 0.6 is 0 Å². The summed E-state index contributed by atoms with van der Waals surface area (Å²) in [5.74, 6) is 0.928. The second kappa shape index (κ2) is 8.20. The largest absolute Gasteiger partial charge is 0.493 e. The van der Waals surface area contributed by atoms with Gasteiger partial charge in [-0.25, -0.2) is 4.79 Å². The summed E-state index contributed by atoms with van der Waals surface area (Å²) >= 11 is 0. The van der Waals surface area contributed by atoms with Crippen molar-refractivity contribution in [3.8, 4) is 11.5 Å². The van der Waals surface area contributed by atoms with Crippen molar-refractivity contribution < 1.29 is 19.0 Å². The first-order valence-corrected chi connectivity index (χ1v) is 8.33. The predicted molar refractivity (Wildman–Crippen MR) is 89.3 cm³/mol. The van der Waals surface area contributed by atoms with Gasteiger partial charge in [-0.1, -0.05) is 13.8 Å². The van der Waals surface area contributed by atoms with Gasteiger partial charge in [0.1, 0.15) is 6.10 Å². The van der Waals surface area contributed by atoms with Gasteiger partial charge in [0.05, 0.1) is 19.8 Å². The van der Waals surface area contributed by atoms with Crippen molar-refractivity contribution in [3.05, 3.63) is 23.3 Å². The van der Waals surface area contributed by atoms with Crippen molar-refractivity contribution in [2.24, 2.45) is 0 Å². The summed E-state index contributed by atoms with van der Waals surface area (Å²) in [7, 11) is 3.16. The van der Waals surface area contributed by atoms with Crippen LogP contribution in [-0.2, 0) is 4.74 Å². The van der Waals surface area contributed by atoms with E-state index in [0.717, 1.165) is 44.5 Å². The number of fused-ring (bicyclic) bond motifs is 1. The van der Waals surface area contributed by atoms with E-state index in [2.05, 4.69) is 18.7 Å². The van der Waals surface area contributed by atoms with Gasteiger partial charge in [0.2, 0.25) is 0 Å². The summed E-state index contributed by atoms with van der Waals surface area (Å²) in [5.41, 5.74) is 1.51. The smallest absolute Gasteiger partial charge is 0.339 e. The van der Waals surface area contributed by atoms with Crippen LogP contribution in [0.5, 0.6) is 11.5 Å². The highest BCUT2D eigenvalue weighted by atomic mass is 16.5. The zero-order valence-electron chi connectivity index (χ0n) is 14.6. The highest BCUT2D eigenvalue weighted by Gasteiger charge is 2.32. The number of carbonyl (C=O) groups excluding carboxylic acids is 1. The molecule has 0 radical (unpaired) electrons. The number of rotatable bonds is 9. The molecule has 1 aliphatic rings. The Hall–Kier alpha value is -1.75. The van der Waals surface area contributed by atoms with Gasteiger partial charge in [0.25, 0.3) is 0 Å². The van der Waals surface area contributed by atoms with E-state index in [-0.39, 0.29) is 12.1 Å². The highest BCUT2D eigenvalue weighted by Crippen LogP contribution is 2.40. The zero-order valence-corrected chi connectivity index (χ0v) is 14.6. The van der Waals surface area contributed by atoms with Crippen molar-refractivity contribution in [3.63, 3.8) is 0 Å². The lowest BCUT2D eigenvalue weighted by atomic mass is 10.00. The fourth-order valence-corrected chi connectivity index (χ4v) is 3.01. The minimum atomic E-state index is -0.269. The van der Waals surface area contributed by atoms with Crippen molar-refractivity contribution in [1.82, 2.24) is 4.90 Å². The minimum Gasteiger partial charge on any atom is -0.493 e. The number of nitrogens with zero attached hydrogens (tertiary/aromatic N) is 1. The third-order valence-corrected chi connectivity index (χ3v) is 4.46. The lowest BCUT2D eigenvalue weighted by molar-refractivity contribution is 0.0362. The normalized spacial score (nSPS) is 16.4. The van der Waals surface area contributed by atoms with Gasteiger partial charge in [-0.15, -0.1) is 0 Å². The Morgan fingerprint density at radius 1 is 1.09 bits per heavy atom. The van der Waals surface area contributed by atoms with Crippen LogP contribution in [0, 0.1) is 0 Å². The molecule has 1 aromatic carbocycles. The van der Waals surface area contributed by atoms with E-state index in [1.54, 1.807) is 20.3 Å². The number of hydrogen-bond acceptors (Lipinski definition) is 5. The molecule has 2 rings (SSSR count). The Kier molecular flexibility index (Phi) is 6.28. The standard InChI is InChI=1S/C18H27NO4/c1-5-19(6-2)10-8-7-9-15-13-11-16(21-3)17(22-4)12-14(13)18(20)23-15/h11-12,15H,5-10H2,1-4H3. The summed E-state index contributed by atoms with van der Waals surface area (Å²) in [6.45, 7) is 7.60. The molecule has 1 atom stereocenters. The van der Waals surface area contributed by atoms with E-state index in [1.807, 2.05) is 6.07 Å². The number of cyclic esters (lactones) is 1. The fraction of sp³-hybridized carbons (Fsp3) is 0.611. The lowest BCUT2D eigenvalue weighted by Crippen LogP contribution is -2.23. The highest BCUT2D eigenvalue weighted by molar-refractivity contribution is 5.95. The van der Waals surface area contributed by atoms with Gasteiger partial charge in [-0.05, 0) is 51.0 Å². The molecule has 1 aromatic rings. The van der Waals surface area contributed by atoms with E-state index in [1.165, 1.54) is 0 Å². The maximum absolute atomic E-state index is 12.1. The molecule has 1 heterocycles. The Bertz CT molecular complexity index is 540. The summed E-state index contributed by atoms with van der Waals surface area (Å²) in [6.07, 6.45) is 2.81. The van der Waals surface area contributed by atoms with Crippen LogP contribution in [0.3, 0.4) is 0 Å². The molecule has 23 heavy (non-hydrogen) atoms. The molecule has 0 amide bonds. The number of ether oxygens (including phenoxy) is 3. The monoisotopic (exact) mass is 321 g/mol. The van der Waals surface area contributed by atoms with Crippen LogP contribution in [-0.4, -0.2) is 44.7 Å². The third kappa shape index (κ3) is 3.96. The number of carbonyl (C=O) groups is 1. The van der Waals surface area contributed by atoms with Gasteiger partial charge in [0.15, 0.2) is 11.5 Å². The number of methoxy groups -OCH3 is 2. The van der Waals surface area contributed by atoms with Crippen LogP contribution in [0.15, 0.2) is 12.1 Å². The Labute approximate surface area is 138 Å². The quantitative estimate of drug-likeness (QED) is 0.515. The molecular weight excluding hydrogens is 294 g/mol. The number of unbranched alkanes of at least 4 members (excludes halogenated alkanes) is 1. The molecule has 0 fully saturated rings. The van der Waals surface area contributed by atoms with Gasteiger partial charge < -0.3 is 19.1 Å². The van der Waals surface area contributed by atoms with E-state index in [9.17, 15) is 4.79 Å². The van der Waals surface area contributed by atoms with E-state index < -0.39 is 0 Å². The average molecular weight is 321 g/mol. The Morgan fingerprint density at radius 3 is 2.35 bits per heavy atom. The van der Waals surface area contributed by atoms with E-state index >= 15 is 0 Å². The maximum atomic E-state index is 12.1. The van der Waals surface area contributed by atoms with Crippen LogP contribution in [0.4, 0.5) is 0 Å². The molecular formula is C18H27NO4. The molecule has 0 spiro atoms. The first-order valence-electron chi connectivity index (χ1n) is 8.33. The van der Waals surface area contributed by atoms with Gasteiger partial charge >= 0.3 is 5.97 Å². The minimum absolute atomic E-state index is 0.172. The molecule has 0 saturated heterocycles. The van der Waals surface area contributed by atoms with Crippen molar-refractivity contribution in [1.29, 1.82) is 0 Å². The molecule has 0 bridgehead atoms. The third-order valence-electron chi connectivity index (χ3n) is 4.46. The van der Waals surface area contributed by atoms with Crippen molar-refractivity contribution in [2.45, 2.75) is 39.2 Å². The first kappa shape index (κ1) is 17.6. The molecule has 0 aromatic heterocycles. The van der Waals surface area contributed by atoms with Crippen LogP contribution < -0.4 is 9.47 Å². The Balaban J connectivity index is 2.00. The maximum Gasteiger partial charge on any atom is 0.339 e. The summed E-state index contributed by atoms with van der Waals surface area (Å²) in [6, 6.07) is 3.58. The van der Waals surface area contributed by atoms with Crippen LogP contribution in [0.2, 0.25) is 0 Å². The molecule has 0 saturated carbocycles. The number of esters is 1. The van der Waals surface area contributed by atoms with Crippen LogP contribution in [0.1, 0.15) is 55.1 Å². The van der Waals surface area contributed by atoms with Crippen molar-refractivity contribution >= 4 is 5.97 Å². The summed E-state index contributed by atoms with van der Waals surface area (Å²) < 4.78 is 16.1. The summed E-state index contributed by atoms with van der Waals surface area (Å²) in [5, 5.41) is 0. The number of benzene rings is 1. The van der Waals surface area contributed by atoms with Crippen LogP contribution in [0.25, 0.3) is 0 Å².